The van der Waals surface area contributed by atoms with E-state index in [1.54, 1.807) is 12.1 Å². The van der Waals surface area contributed by atoms with E-state index in [9.17, 15) is 22.0 Å². The Bertz CT molecular complexity index is 1220. The third-order valence-corrected chi connectivity index (χ3v) is 7.27. The maximum Gasteiger partial charge on any atom is 0.243 e. The first-order valence-electron chi connectivity index (χ1n) is 10.5. The highest BCUT2D eigenvalue weighted by Gasteiger charge is 2.33. The average Bonchev–Trinajstić information content (AvgIpc) is 2.86. The lowest BCUT2D eigenvalue weighted by Gasteiger charge is -2.26. The van der Waals surface area contributed by atoms with E-state index in [-0.39, 0.29) is 18.0 Å². The summed E-state index contributed by atoms with van der Waals surface area (Å²) in [6.45, 7) is -0.524. The summed E-state index contributed by atoms with van der Waals surface area (Å²) in [5, 5.41) is 2.76. The highest BCUT2D eigenvalue weighted by atomic mass is 32.2. The largest absolute Gasteiger partial charge is 0.382 e. The number of hydrogen-bond donors (Lipinski definition) is 1. The van der Waals surface area contributed by atoms with E-state index in [1.807, 2.05) is 36.4 Å². The van der Waals surface area contributed by atoms with Gasteiger partial charge in [0.1, 0.15) is 18.5 Å². The van der Waals surface area contributed by atoms with Gasteiger partial charge in [0.15, 0.2) is 0 Å². The van der Waals surface area contributed by atoms with E-state index >= 15 is 0 Å². The van der Waals surface area contributed by atoms with Crippen LogP contribution >= 0.6 is 0 Å². The van der Waals surface area contributed by atoms with E-state index in [4.69, 9.17) is 4.74 Å². The molecule has 0 radical (unpaired) electrons. The highest BCUT2D eigenvalue weighted by molar-refractivity contribution is 7.89. The number of benzene rings is 3. The first-order chi connectivity index (χ1) is 16.3. The molecule has 34 heavy (non-hydrogen) atoms. The van der Waals surface area contributed by atoms with Crippen molar-refractivity contribution < 1.29 is 26.7 Å². The zero-order valence-corrected chi connectivity index (χ0v) is 19.7. The van der Waals surface area contributed by atoms with Crippen LogP contribution in [0.2, 0.25) is 0 Å². The first-order valence-corrected chi connectivity index (χ1v) is 11.9. The predicted octanol–water partition coefficient (Wildman–Crippen LogP) is 3.91. The average molecular weight is 489 g/mol. The van der Waals surface area contributed by atoms with Crippen LogP contribution in [0.4, 0.5) is 8.78 Å². The van der Waals surface area contributed by atoms with Gasteiger partial charge < -0.3 is 10.1 Å². The molecule has 0 fully saturated rings. The van der Waals surface area contributed by atoms with Gasteiger partial charge in [0, 0.05) is 20.7 Å². The van der Waals surface area contributed by atoms with Crippen molar-refractivity contribution in [1.29, 1.82) is 0 Å². The minimum Gasteiger partial charge on any atom is -0.382 e. The van der Waals surface area contributed by atoms with E-state index in [2.05, 4.69) is 5.32 Å². The van der Waals surface area contributed by atoms with Crippen molar-refractivity contribution in [2.24, 2.45) is 0 Å². The normalized spacial score (nSPS) is 12.5. The van der Waals surface area contributed by atoms with Gasteiger partial charge in [0.2, 0.25) is 15.9 Å². The fraction of sp³-hybridized carbons (Fsp3) is 0.240. The molecule has 3 aromatic rings. The van der Waals surface area contributed by atoms with E-state index in [1.165, 1.54) is 14.2 Å². The number of amides is 1. The Labute approximate surface area is 198 Å². The van der Waals surface area contributed by atoms with Crippen molar-refractivity contribution >= 4 is 15.9 Å². The summed E-state index contributed by atoms with van der Waals surface area (Å²) >= 11 is 0. The molecule has 0 aromatic heterocycles. The standard InChI is InChI=1S/C25H26F2N2O4S/c1-29(34(31,32)23-12-10-22(27)11-13-23)24(17-33-2)25(30)28-16-19-4-3-5-21(14-19)20-8-6-18(15-26)7-9-20/h3-14,24H,15-17H2,1-2H3,(H,28,30)/t24-/m0/s1. The number of nitrogens with one attached hydrogen (secondary N) is 1. The number of hydrogen-bond acceptors (Lipinski definition) is 4. The number of methoxy groups -OCH3 is 1. The van der Waals surface area contributed by atoms with Crippen LogP contribution in [0.5, 0.6) is 0 Å². The number of ether oxygens (including phenoxy) is 1. The second-order valence-electron chi connectivity index (χ2n) is 7.70. The van der Waals surface area contributed by atoms with E-state index in [0.717, 1.165) is 45.3 Å². The topological polar surface area (TPSA) is 75.7 Å². The molecule has 0 aliphatic carbocycles. The van der Waals surface area contributed by atoms with Gasteiger partial charge in [-0.3, -0.25) is 4.79 Å². The van der Waals surface area contributed by atoms with Gasteiger partial charge in [-0.05, 0) is 52.6 Å². The van der Waals surface area contributed by atoms with Crippen molar-refractivity contribution in [2.75, 3.05) is 20.8 Å². The van der Waals surface area contributed by atoms with E-state index < -0.39 is 34.5 Å². The van der Waals surface area contributed by atoms with Crippen LogP contribution in [0.3, 0.4) is 0 Å². The minimum absolute atomic E-state index is 0.128. The number of nitrogens with zero attached hydrogens (tertiary/aromatic N) is 1. The minimum atomic E-state index is -4.05. The van der Waals surface area contributed by atoms with E-state index in [0.29, 0.717) is 5.56 Å². The molecule has 0 spiro atoms. The molecule has 3 aromatic carbocycles. The summed E-state index contributed by atoms with van der Waals surface area (Å²) in [4.78, 5) is 12.8. The summed E-state index contributed by atoms with van der Waals surface area (Å²) < 4.78 is 57.8. The summed E-state index contributed by atoms with van der Waals surface area (Å²) in [5.41, 5.74) is 3.21. The van der Waals surface area contributed by atoms with Gasteiger partial charge >= 0.3 is 0 Å². The highest BCUT2D eigenvalue weighted by Crippen LogP contribution is 2.22. The molecule has 0 saturated carbocycles. The third kappa shape index (κ3) is 6.05. The monoisotopic (exact) mass is 488 g/mol. The molecule has 1 amide bonds. The van der Waals surface area contributed by atoms with Crippen LogP contribution < -0.4 is 5.32 Å². The molecule has 0 unspecified atom stereocenters. The number of likely N-dealkylation sites (N-methyl/N-ethyl adjacent to an activating group) is 1. The fourth-order valence-corrected chi connectivity index (χ4v) is 4.70. The molecule has 0 saturated heterocycles. The Morgan fingerprint density at radius 1 is 1.00 bits per heavy atom. The van der Waals surface area contributed by atoms with Crippen molar-refractivity contribution in [3.8, 4) is 11.1 Å². The van der Waals surface area contributed by atoms with Gasteiger partial charge in [-0.1, -0.05) is 42.5 Å². The molecular weight excluding hydrogens is 462 g/mol. The number of carbonyl (C=O) groups is 1. The Morgan fingerprint density at radius 3 is 2.29 bits per heavy atom. The number of halogens is 2. The van der Waals surface area contributed by atoms with Crippen molar-refractivity contribution in [3.05, 3.63) is 89.7 Å². The predicted molar refractivity (Wildman–Crippen MR) is 126 cm³/mol. The van der Waals surface area contributed by atoms with Gasteiger partial charge in [-0.15, -0.1) is 0 Å². The smallest absolute Gasteiger partial charge is 0.243 e. The summed E-state index contributed by atoms with van der Waals surface area (Å²) in [5.74, 6) is -1.10. The molecule has 1 N–H and O–H groups in total. The number of carbonyl (C=O) groups excluding carboxylic acids is 1. The molecule has 0 heterocycles. The molecule has 3 rings (SSSR count). The van der Waals surface area contributed by atoms with Crippen LogP contribution in [0, 0.1) is 5.82 Å². The Morgan fingerprint density at radius 2 is 1.68 bits per heavy atom. The van der Waals surface area contributed by atoms with Crippen LogP contribution in [-0.2, 0) is 32.8 Å². The quantitative estimate of drug-likeness (QED) is 0.470. The maximum atomic E-state index is 13.2. The molecule has 0 aliphatic rings. The third-order valence-electron chi connectivity index (χ3n) is 5.39. The van der Waals surface area contributed by atoms with Crippen LogP contribution in [0.25, 0.3) is 11.1 Å². The molecule has 6 nitrogen and oxygen atoms in total. The van der Waals surface area contributed by atoms with Crippen LogP contribution in [0.15, 0.2) is 77.7 Å². The van der Waals surface area contributed by atoms with Crippen molar-refractivity contribution in [2.45, 2.75) is 24.2 Å². The number of sulfonamides is 1. The van der Waals surface area contributed by atoms with Crippen molar-refractivity contribution in [1.82, 2.24) is 9.62 Å². The molecule has 0 bridgehead atoms. The fourth-order valence-electron chi connectivity index (χ4n) is 3.40. The molecule has 1 atom stereocenters. The number of rotatable bonds is 10. The van der Waals surface area contributed by atoms with Gasteiger partial charge in [0.05, 0.1) is 11.5 Å². The molecule has 0 aliphatic heterocycles. The second-order valence-corrected chi connectivity index (χ2v) is 9.69. The lowest BCUT2D eigenvalue weighted by molar-refractivity contribution is -0.126. The zero-order chi connectivity index (χ0) is 24.7. The van der Waals surface area contributed by atoms with Crippen LogP contribution in [-0.4, -0.2) is 45.4 Å². The van der Waals surface area contributed by atoms with Gasteiger partial charge in [-0.25, -0.2) is 17.2 Å². The summed E-state index contributed by atoms with van der Waals surface area (Å²) in [7, 11) is -1.40. The van der Waals surface area contributed by atoms with Gasteiger partial charge in [0.25, 0.3) is 0 Å². The Kier molecular flexibility index (Phi) is 8.49. The first kappa shape index (κ1) is 25.5. The molecule has 180 valence electrons. The lowest BCUT2D eigenvalue weighted by atomic mass is 10.0. The molecule has 9 heteroatoms. The SMILES string of the molecule is COC[C@@H](C(=O)NCc1cccc(-c2ccc(CF)cc2)c1)N(C)S(=O)(=O)c1ccc(F)cc1. The maximum absolute atomic E-state index is 13.2. The van der Waals surface area contributed by atoms with Crippen LogP contribution in [0.1, 0.15) is 11.1 Å². The Balaban J connectivity index is 1.73. The zero-order valence-electron chi connectivity index (χ0n) is 18.9. The number of alkyl halides is 1. The summed E-state index contributed by atoms with van der Waals surface area (Å²) in [6.07, 6.45) is 0. The Hall–Kier alpha value is -3.14. The summed E-state index contributed by atoms with van der Waals surface area (Å²) in [6, 6.07) is 17.8. The molecular formula is C25H26F2N2O4S. The lowest BCUT2D eigenvalue weighted by Crippen LogP contribution is -2.49. The van der Waals surface area contributed by atoms with Crippen molar-refractivity contribution in [3.63, 3.8) is 0 Å². The second kappa shape index (κ2) is 11.3. The van der Waals surface area contributed by atoms with Gasteiger partial charge in [-0.2, -0.15) is 4.31 Å².